The number of benzene rings is 2. The van der Waals surface area contributed by atoms with E-state index in [0.717, 1.165) is 12.1 Å². The average molecular weight is 460 g/mol. The lowest BCUT2D eigenvalue weighted by atomic mass is 9.94. The van der Waals surface area contributed by atoms with Crippen LogP contribution in [0.3, 0.4) is 0 Å². The van der Waals surface area contributed by atoms with Crippen molar-refractivity contribution in [1.82, 2.24) is 10.2 Å². The number of rotatable bonds is 8. The normalized spacial score (nSPS) is 15.9. The van der Waals surface area contributed by atoms with E-state index < -0.39 is 35.6 Å². The Morgan fingerprint density at radius 3 is 2.42 bits per heavy atom. The molecule has 0 spiro atoms. The topological polar surface area (TPSA) is 105 Å². The van der Waals surface area contributed by atoms with E-state index in [9.17, 15) is 23.2 Å². The van der Waals surface area contributed by atoms with Crippen molar-refractivity contribution >= 4 is 18.0 Å². The number of hydrogen-bond donors (Lipinski definition) is 2. The monoisotopic (exact) mass is 460 g/mol. The van der Waals surface area contributed by atoms with Gasteiger partial charge in [0, 0.05) is 24.4 Å². The van der Waals surface area contributed by atoms with Gasteiger partial charge >= 0.3 is 18.0 Å². The molecule has 2 N–H and O–H groups in total. The summed E-state index contributed by atoms with van der Waals surface area (Å²) >= 11 is 0. The Morgan fingerprint density at radius 2 is 1.82 bits per heavy atom. The molecule has 0 aromatic heterocycles. The molecule has 1 atom stereocenters. The van der Waals surface area contributed by atoms with Gasteiger partial charge in [0.25, 0.3) is 0 Å². The number of carbonyl (C=O) groups is 3. The molecule has 33 heavy (non-hydrogen) atoms. The number of aromatic carboxylic acids is 1. The summed E-state index contributed by atoms with van der Waals surface area (Å²) in [5.41, 5.74) is 0.806. The third-order valence-corrected chi connectivity index (χ3v) is 5.15. The third-order valence-electron chi connectivity index (χ3n) is 5.15. The second-order valence-corrected chi connectivity index (χ2v) is 7.26. The van der Waals surface area contributed by atoms with Crippen LogP contribution in [0.25, 0.3) is 0 Å². The fourth-order valence-electron chi connectivity index (χ4n) is 3.44. The van der Waals surface area contributed by atoms with Crippen molar-refractivity contribution in [2.45, 2.75) is 19.5 Å². The Morgan fingerprint density at radius 1 is 1.12 bits per heavy atom. The maximum absolute atomic E-state index is 14.5. The average Bonchev–Trinajstić information content (AvgIpc) is 2.76. The number of amides is 2. The second kappa shape index (κ2) is 10.2. The number of methoxy groups -OCH3 is 1. The zero-order valence-electron chi connectivity index (χ0n) is 17.9. The van der Waals surface area contributed by atoms with Gasteiger partial charge in [-0.15, -0.1) is 0 Å². The van der Waals surface area contributed by atoms with Crippen molar-refractivity contribution in [3.63, 3.8) is 0 Å². The molecule has 0 aliphatic carbocycles. The highest BCUT2D eigenvalue weighted by Gasteiger charge is 2.37. The van der Waals surface area contributed by atoms with E-state index >= 15 is 0 Å². The molecule has 174 valence electrons. The van der Waals surface area contributed by atoms with Gasteiger partial charge in [-0.25, -0.2) is 23.2 Å². The summed E-state index contributed by atoms with van der Waals surface area (Å²) < 4.78 is 38.1. The zero-order valence-corrected chi connectivity index (χ0v) is 17.9. The number of carbonyl (C=O) groups excluding carboxylic acids is 2. The molecule has 2 aromatic rings. The number of carboxylic acids is 1. The van der Waals surface area contributed by atoms with Crippen molar-refractivity contribution in [3.05, 3.63) is 82.1 Å². The van der Waals surface area contributed by atoms with Crippen LogP contribution >= 0.6 is 0 Å². The van der Waals surface area contributed by atoms with Gasteiger partial charge in [0.05, 0.1) is 30.3 Å². The fourth-order valence-corrected chi connectivity index (χ4v) is 3.44. The van der Waals surface area contributed by atoms with Crippen molar-refractivity contribution < 1.29 is 37.7 Å². The van der Waals surface area contributed by atoms with Crippen molar-refractivity contribution in [1.29, 1.82) is 0 Å². The van der Waals surface area contributed by atoms with E-state index in [0.29, 0.717) is 11.6 Å². The lowest BCUT2D eigenvalue weighted by molar-refractivity contribution is -0.141. The highest BCUT2D eigenvalue weighted by Crippen LogP contribution is 2.33. The number of urea groups is 1. The predicted molar refractivity (Wildman–Crippen MR) is 112 cm³/mol. The summed E-state index contributed by atoms with van der Waals surface area (Å²) in [4.78, 5) is 38.1. The molecule has 0 fully saturated rings. The fraction of sp³-hybridized carbons (Fsp3) is 0.261. The molecule has 0 saturated carbocycles. The molecular formula is C23H22F2N2O6. The van der Waals surface area contributed by atoms with E-state index in [-0.39, 0.29) is 42.2 Å². The molecule has 0 saturated heterocycles. The highest BCUT2D eigenvalue weighted by molar-refractivity contribution is 5.95. The number of halogens is 2. The zero-order chi connectivity index (χ0) is 24.1. The lowest BCUT2D eigenvalue weighted by Gasteiger charge is -2.35. The molecule has 3 rings (SSSR count). The van der Waals surface area contributed by atoms with Crippen LogP contribution in [0.1, 0.15) is 34.5 Å². The Labute approximate surface area is 188 Å². The van der Waals surface area contributed by atoms with Gasteiger partial charge in [-0.1, -0.05) is 18.2 Å². The molecule has 10 heteroatoms. The number of ether oxygens (including phenoxy) is 2. The SMILES string of the molecule is COCCOC(=O)C1=C(C)N(Cc2ccc(C(=O)O)cc2)C(=O)NC1c1ccc(F)cc1F. The summed E-state index contributed by atoms with van der Waals surface area (Å²) in [6, 6.07) is 6.94. The largest absolute Gasteiger partial charge is 0.478 e. The number of allylic oxidation sites excluding steroid dienone is 1. The first kappa shape index (κ1) is 23.9. The molecule has 1 aliphatic heterocycles. The van der Waals surface area contributed by atoms with E-state index in [1.165, 1.54) is 31.1 Å². The van der Waals surface area contributed by atoms with Gasteiger partial charge in [-0.05, 0) is 30.7 Å². The maximum atomic E-state index is 14.5. The smallest absolute Gasteiger partial charge is 0.338 e. The number of hydrogen-bond acceptors (Lipinski definition) is 5. The molecule has 1 heterocycles. The number of esters is 1. The molecule has 2 amide bonds. The van der Waals surface area contributed by atoms with Gasteiger partial charge in [-0.2, -0.15) is 0 Å². The minimum Gasteiger partial charge on any atom is -0.478 e. The Balaban J connectivity index is 1.99. The third kappa shape index (κ3) is 5.35. The Bertz CT molecular complexity index is 1100. The summed E-state index contributed by atoms with van der Waals surface area (Å²) in [7, 11) is 1.44. The van der Waals surface area contributed by atoms with Gasteiger partial charge in [0.15, 0.2) is 0 Å². The lowest BCUT2D eigenvalue weighted by Crippen LogP contribution is -2.48. The Hall–Kier alpha value is -3.79. The minimum atomic E-state index is -1.20. The van der Waals surface area contributed by atoms with Gasteiger partial charge in [0.2, 0.25) is 0 Å². The van der Waals surface area contributed by atoms with E-state index in [1.54, 1.807) is 12.1 Å². The minimum absolute atomic E-state index is 0.0154. The molecule has 0 radical (unpaired) electrons. The van der Waals surface area contributed by atoms with Crippen LogP contribution in [0.4, 0.5) is 13.6 Å². The first-order valence-corrected chi connectivity index (χ1v) is 9.95. The molecule has 0 bridgehead atoms. The van der Waals surface area contributed by atoms with Crippen LogP contribution < -0.4 is 5.32 Å². The quantitative estimate of drug-likeness (QED) is 0.462. The van der Waals surface area contributed by atoms with Crippen LogP contribution in [0.5, 0.6) is 0 Å². The molecule has 2 aromatic carbocycles. The van der Waals surface area contributed by atoms with Crippen molar-refractivity contribution in [2.75, 3.05) is 20.3 Å². The van der Waals surface area contributed by atoms with E-state index in [4.69, 9.17) is 14.6 Å². The number of nitrogens with zero attached hydrogens (tertiary/aromatic N) is 1. The van der Waals surface area contributed by atoms with Gasteiger partial charge < -0.3 is 19.9 Å². The standard InChI is InChI=1S/C23H22F2N2O6/c1-13-19(22(30)33-10-9-32-2)20(17-8-7-16(24)11-18(17)25)26-23(31)27(13)12-14-3-5-15(6-4-14)21(28)29/h3-8,11,20H,9-10,12H2,1-2H3,(H,26,31)(H,28,29). The van der Waals surface area contributed by atoms with Crippen molar-refractivity contribution in [2.24, 2.45) is 0 Å². The maximum Gasteiger partial charge on any atom is 0.338 e. The molecule has 1 aliphatic rings. The van der Waals surface area contributed by atoms with Gasteiger partial charge in [-0.3, -0.25) is 4.90 Å². The van der Waals surface area contributed by atoms with Crippen LogP contribution in [0, 0.1) is 11.6 Å². The van der Waals surface area contributed by atoms with Crippen LogP contribution in [-0.4, -0.2) is 48.3 Å². The summed E-state index contributed by atoms with van der Waals surface area (Å²) in [5.74, 6) is -3.59. The molecule has 1 unspecified atom stereocenters. The summed E-state index contributed by atoms with van der Waals surface area (Å²) in [6.45, 7) is 1.62. The van der Waals surface area contributed by atoms with Crippen LogP contribution in [-0.2, 0) is 20.8 Å². The summed E-state index contributed by atoms with van der Waals surface area (Å²) in [5, 5.41) is 11.6. The Kier molecular flexibility index (Phi) is 7.39. The first-order valence-electron chi connectivity index (χ1n) is 9.95. The van der Waals surface area contributed by atoms with Crippen LogP contribution in [0.2, 0.25) is 0 Å². The molecule has 8 nitrogen and oxygen atoms in total. The summed E-state index contributed by atoms with van der Waals surface area (Å²) in [6.07, 6.45) is 0. The van der Waals surface area contributed by atoms with E-state index in [1.807, 2.05) is 0 Å². The number of nitrogens with one attached hydrogen (secondary N) is 1. The van der Waals surface area contributed by atoms with Gasteiger partial charge in [0.1, 0.15) is 18.2 Å². The first-order chi connectivity index (χ1) is 15.7. The predicted octanol–water partition coefficient (Wildman–Crippen LogP) is 3.39. The molecular weight excluding hydrogens is 438 g/mol. The second-order valence-electron chi connectivity index (χ2n) is 7.26. The van der Waals surface area contributed by atoms with Crippen LogP contribution in [0.15, 0.2) is 53.7 Å². The van der Waals surface area contributed by atoms with Crippen molar-refractivity contribution in [3.8, 4) is 0 Å². The number of carboxylic acid groups (broad SMARTS) is 1. The van der Waals surface area contributed by atoms with E-state index in [2.05, 4.69) is 5.32 Å². The highest BCUT2D eigenvalue weighted by atomic mass is 19.1.